The van der Waals surface area contributed by atoms with Crippen molar-refractivity contribution in [2.75, 3.05) is 19.5 Å². The molecule has 0 unspecified atom stereocenters. The lowest BCUT2D eigenvalue weighted by Crippen LogP contribution is -2.36. The number of hydrogen-bond acceptors (Lipinski definition) is 5. The quantitative estimate of drug-likeness (QED) is 0.690. The van der Waals surface area contributed by atoms with Crippen molar-refractivity contribution in [3.05, 3.63) is 5.82 Å². The molecule has 0 aliphatic heterocycles. The summed E-state index contributed by atoms with van der Waals surface area (Å²) >= 11 is 1.33. The average Bonchev–Trinajstić information content (AvgIpc) is 2.75. The molecule has 0 aromatic carbocycles. The van der Waals surface area contributed by atoms with Crippen molar-refractivity contribution in [2.24, 2.45) is 0 Å². The zero-order valence-electron chi connectivity index (χ0n) is 11.0. The van der Waals surface area contributed by atoms with E-state index in [0.717, 1.165) is 18.7 Å². The lowest BCUT2D eigenvalue weighted by atomic mass is 10.3. The minimum atomic E-state index is -0.0357. The maximum atomic E-state index is 11.6. The Bertz CT molecular complexity index is 370. The number of H-pyrrole nitrogens is 1. The van der Waals surface area contributed by atoms with Crippen LogP contribution in [0.4, 0.5) is 0 Å². The summed E-state index contributed by atoms with van der Waals surface area (Å²) in [5.41, 5.74) is 0. The molecular weight excluding hydrogens is 252 g/mol. The average molecular weight is 272 g/mol. The van der Waals surface area contributed by atoms with E-state index in [1.807, 2.05) is 6.92 Å². The van der Waals surface area contributed by atoms with Crippen LogP contribution in [0.15, 0.2) is 5.16 Å². The molecule has 102 valence electrons. The molecule has 1 rings (SSSR count). The molecule has 0 aliphatic carbocycles. The maximum absolute atomic E-state index is 11.6. The number of ether oxygens (including phenoxy) is 1. The van der Waals surface area contributed by atoms with E-state index in [9.17, 15) is 4.79 Å². The molecule has 0 radical (unpaired) electrons. The Kier molecular flexibility index (Phi) is 6.74. The van der Waals surface area contributed by atoms with Gasteiger partial charge in [0.2, 0.25) is 11.1 Å². The highest BCUT2D eigenvalue weighted by molar-refractivity contribution is 7.99. The molecule has 1 aromatic heterocycles. The Balaban J connectivity index is 2.28. The van der Waals surface area contributed by atoms with E-state index in [1.165, 1.54) is 11.8 Å². The number of nitrogens with zero attached hydrogens (tertiary/aromatic N) is 2. The van der Waals surface area contributed by atoms with Gasteiger partial charge in [-0.2, -0.15) is 0 Å². The van der Waals surface area contributed by atoms with Crippen LogP contribution in [-0.2, 0) is 16.0 Å². The molecule has 6 nitrogen and oxygen atoms in total. The van der Waals surface area contributed by atoms with Gasteiger partial charge in [-0.25, -0.2) is 4.98 Å². The van der Waals surface area contributed by atoms with Gasteiger partial charge in [-0.05, 0) is 13.3 Å². The van der Waals surface area contributed by atoms with E-state index >= 15 is 0 Å². The first-order valence-corrected chi connectivity index (χ1v) is 6.96. The minimum Gasteiger partial charge on any atom is -0.383 e. The molecule has 1 aromatic rings. The lowest BCUT2D eigenvalue weighted by molar-refractivity contribution is -0.119. The fraction of sp³-hybridized carbons (Fsp3) is 0.727. The molecule has 0 saturated heterocycles. The van der Waals surface area contributed by atoms with Crippen LogP contribution >= 0.6 is 11.8 Å². The number of amides is 1. The number of nitrogens with one attached hydrogen (secondary N) is 2. The number of aromatic amines is 1. The van der Waals surface area contributed by atoms with Crippen LogP contribution in [0.2, 0.25) is 0 Å². The third-order valence-electron chi connectivity index (χ3n) is 2.15. The van der Waals surface area contributed by atoms with Crippen molar-refractivity contribution in [1.82, 2.24) is 20.5 Å². The monoisotopic (exact) mass is 272 g/mol. The maximum Gasteiger partial charge on any atom is 0.230 e. The smallest absolute Gasteiger partial charge is 0.230 e. The van der Waals surface area contributed by atoms with Gasteiger partial charge in [0, 0.05) is 19.6 Å². The molecule has 18 heavy (non-hydrogen) atoms. The predicted octanol–water partition coefficient (Wildman–Crippen LogP) is 1.00. The van der Waals surface area contributed by atoms with Crippen molar-refractivity contribution >= 4 is 17.7 Å². The first-order chi connectivity index (χ1) is 8.65. The van der Waals surface area contributed by atoms with Crippen LogP contribution in [0.5, 0.6) is 0 Å². The Labute approximate surface area is 111 Å². The summed E-state index contributed by atoms with van der Waals surface area (Å²) in [6.45, 7) is 4.50. The van der Waals surface area contributed by atoms with Crippen molar-refractivity contribution in [1.29, 1.82) is 0 Å². The number of rotatable bonds is 8. The Hall–Kier alpha value is -1.08. The number of aromatic nitrogens is 3. The molecule has 2 N–H and O–H groups in total. The molecule has 0 spiro atoms. The van der Waals surface area contributed by atoms with Crippen LogP contribution in [0.3, 0.4) is 0 Å². The van der Waals surface area contributed by atoms with E-state index in [-0.39, 0.29) is 11.9 Å². The third-order valence-corrected chi connectivity index (χ3v) is 3.00. The Morgan fingerprint density at radius 1 is 1.61 bits per heavy atom. The molecule has 1 amide bonds. The zero-order valence-corrected chi connectivity index (χ0v) is 11.8. The van der Waals surface area contributed by atoms with Gasteiger partial charge < -0.3 is 10.1 Å². The first kappa shape index (κ1) is 15.0. The summed E-state index contributed by atoms with van der Waals surface area (Å²) in [4.78, 5) is 15.9. The summed E-state index contributed by atoms with van der Waals surface area (Å²) in [6.07, 6.45) is 1.90. The molecule has 0 bridgehead atoms. The fourth-order valence-electron chi connectivity index (χ4n) is 1.43. The van der Waals surface area contributed by atoms with Gasteiger partial charge in [0.15, 0.2) is 0 Å². The topological polar surface area (TPSA) is 79.9 Å². The number of carbonyl (C=O) groups excluding carboxylic acids is 1. The van der Waals surface area contributed by atoms with E-state index < -0.39 is 0 Å². The van der Waals surface area contributed by atoms with Gasteiger partial charge in [0.25, 0.3) is 0 Å². The number of thioether (sulfide) groups is 1. The highest BCUT2D eigenvalue weighted by atomic mass is 32.2. The lowest BCUT2D eigenvalue weighted by Gasteiger charge is -2.11. The Morgan fingerprint density at radius 3 is 3.06 bits per heavy atom. The van der Waals surface area contributed by atoms with Gasteiger partial charge in [-0.3, -0.25) is 9.89 Å². The largest absolute Gasteiger partial charge is 0.383 e. The number of carbonyl (C=O) groups is 1. The van der Waals surface area contributed by atoms with Crippen LogP contribution in [-0.4, -0.2) is 46.6 Å². The standard InChI is InChI=1S/C11H20N4O2S/c1-4-5-9-13-11(15-14-9)18-7-10(16)12-8(2)6-17-3/h8H,4-7H2,1-3H3,(H,12,16)(H,13,14,15)/t8-/m1/s1. The molecule has 0 saturated carbocycles. The van der Waals surface area contributed by atoms with Crippen LogP contribution in [0.25, 0.3) is 0 Å². The SMILES string of the molecule is CCCc1nc(SCC(=O)N[C@H](C)COC)n[nH]1. The molecule has 0 fully saturated rings. The van der Waals surface area contributed by atoms with Gasteiger partial charge in [0.1, 0.15) is 5.82 Å². The Morgan fingerprint density at radius 2 is 2.39 bits per heavy atom. The fourth-order valence-corrected chi connectivity index (χ4v) is 2.06. The number of aryl methyl sites for hydroxylation is 1. The molecule has 7 heteroatoms. The van der Waals surface area contributed by atoms with Gasteiger partial charge in [0.05, 0.1) is 12.4 Å². The highest BCUT2D eigenvalue weighted by Gasteiger charge is 2.09. The zero-order chi connectivity index (χ0) is 13.4. The van der Waals surface area contributed by atoms with Crippen LogP contribution in [0, 0.1) is 0 Å². The van der Waals surface area contributed by atoms with E-state index in [4.69, 9.17) is 4.74 Å². The van der Waals surface area contributed by atoms with Crippen LogP contribution in [0.1, 0.15) is 26.1 Å². The number of hydrogen-bond donors (Lipinski definition) is 2. The minimum absolute atomic E-state index is 0.0193. The summed E-state index contributed by atoms with van der Waals surface area (Å²) in [7, 11) is 1.61. The second-order valence-electron chi connectivity index (χ2n) is 4.03. The molecule has 1 atom stereocenters. The predicted molar refractivity (Wildman–Crippen MR) is 70.6 cm³/mol. The van der Waals surface area contributed by atoms with E-state index in [2.05, 4.69) is 27.4 Å². The van der Waals surface area contributed by atoms with E-state index in [0.29, 0.717) is 17.5 Å². The van der Waals surface area contributed by atoms with Crippen molar-refractivity contribution in [3.63, 3.8) is 0 Å². The molecule has 0 aliphatic rings. The van der Waals surface area contributed by atoms with Gasteiger partial charge in [-0.1, -0.05) is 18.7 Å². The summed E-state index contributed by atoms with van der Waals surface area (Å²) < 4.78 is 4.95. The van der Waals surface area contributed by atoms with Crippen molar-refractivity contribution < 1.29 is 9.53 Å². The summed E-state index contributed by atoms with van der Waals surface area (Å²) in [5, 5.41) is 10.4. The highest BCUT2D eigenvalue weighted by Crippen LogP contribution is 2.12. The molecular formula is C11H20N4O2S. The number of methoxy groups -OCH3 is 1. The van der Waals surface area contributed by atoms with Crippen molar-refractivity contribution in [2.45, 2.75) is 37.9 Å². The van der Waals surface area contributed by atoms with Gasteiger partial charge in [-0.15, -0.1) is 5.10 Å². The summed E-state index contributed by atoms with van der Waals surface area (Å²) in [6, 6.07) is 0.0193. The van der Waals surface area contributed by atoms with Gasteiger partial charge >= 0.3 is 0 Å². The molecule has 1 heterocycles. The second-order valence-corrected chi connectivity index (χ2v) is 4.97. The van der Waals surface area contributed by atoms with Crippen molar-refractivity contribution in [3.8, 4) is 0 Å². The van der Waals surface area contributed by atoms with Crippen LogP contribution < -0.4 is 5.32 Å². The second kappa shape index (κ2) is 8.10. The first-order valence-electron chi connectivity index (χ1n) is 5.98. The third kappa shape index (κ3) is 5.50. The summed E-state index contributed by atoms with van der Waals surface area (Å²) in [5.74, 6) is 1.15. The normalized spacial score (nSPS) is 12.4. The van der Waals surface area contributed by atoms with E-state index in [1.54, 1.807) is 7.11 Å².